The third kappa shape index (κ3) is 1.51. The maximum Gasteiger partial charge on any atom is 0.433 e. The maximum absolute atomic E-state index is 10.8. The van der Waals surface area contributed by atoms with Crippen molar-refractivity contribution in [1.82, 2.24) is 3.97 Å². The first-order valence-electron chi connectivity index (χ1n) is 2.81. The van der Waals surface area contributed by atoms with Crippen molar-refractivity contribution in [3.63, 3.8) is 0 Å². The van der Waals surface area contributed by atoms with Gasteiger partial charge in [0, 0.05) is 0 Å². The van der Waals surface area contributed by atoms with E-state index in [-0.39, 0.29) is 5.76 Å². The van der Waals surface area contributed by atoms with Crippen LogP contribution in [0.3, 0.4) is 0 Å². The number of hydrogen-bond acceptors (Lipinski definition) is 4. The van der Waals surface area contributed by atoms with Gasteiger partial charge in [-0.15, -0.1) is 0 Å². The van der Waals surface area contributed by atoms with E-state index in [1.165, 1.54) is 6.92 Å². The van der Waals surface area contributed by atoms with E-state index in [0.717, 1.165) is 12.5 Å². The van der Waals surface area contributed by atoms with Crippen LogP contribution in [0.5, 0.6) is 0 Å². The summed E-state index contributed by atoms with van der Waals surface area (Å²) in [5.41, 5.74) is 0. The predicted molar refractivity (Wildman–Crippen MR) is 37.9 cm³/mol. The van der Waals surface area contributed by atoms with Crippen LogP contribution in [0.1, 0.15) is 5.76 Å². The van der Waals surface area contributed by atoms with Gasteiger partial charge in [-0.2, -0.15) is 3.97 Å². The summed E-state index contributed by atoms with van der Waals surface area (Å²) in [5, 5.41) is 0. The van der Waals surface area contributed by atoms with Gasteiger partial charge in [0.25, 0.3) is 0 Å². The molecule has 0 N–H and O–H groups in total. The number of hydrogen-bond donors (Lipinski definition) is 0. The number of nitrogens with zero attached hydrogens (tertiary/aromatic N) is 1. The second kappa shape index (κ2) is 2.23. The van der Waals surface area contributed by atoms with E-state index >= 15 is 0 Å². The van der Waals surface area contributed by atoms with E-state index in [2.05, 4.69) is 4.42 Å². The molecule has 0 radical (unpaired) electrons. The quantitative estimate of drug-likeness (QED) is 0.583. The summed E-state index contributed by atoms with van der Waals surface area (Å²) in [6, 6.07) is 0. The smallest absolute Gasteiger partial charge is 0.412 e. The van der Waals surface area contributed by atoms with Gasteiger partial charge in [-0.25, -0.2) is 13.2 Å². The minimum Gasteiger partial charge on any atom is -0.412 e. The van der Waals surface area contributed by atoms with Crippen LogP contribution in [0.4, 0.5) is 0 Å². The molecule has 0 spiro atoms. The monoisotopic (exact) mass is 177 g/mol. The molecule has 0 aliphatic rings. The van der Waals surface area contributed by atoms with Crippen LogP contribution in [-0.2, 0) is 10.0 Å². The first kappa shape index (κ1) is 8.06. The molecule has 11 heavy (non-hydrogen) atoms. The standard InChI is InChI=1S/C5H7NO4S/c1-4-3-6(5(7)10-4)11(2,8)9/h3H,1-2H3. The molecule has 0 bridgehead atoms. The molecule has 6 heteroatoms. The van der Waals surface area contributed by atoms with Crippen LogP contribution in [0, 0.1) is 6.92 Å². The highest BCUT2D eigenvalue weighted by molar-refractivity contribution is 7.89. The van der Waals surface area contributed by atoms with Crippen LogP contribution in [0.15, 0.2) is 15.4 Å². The summed E-state index contributed by atoms with van der Waals surface area (Å²) in [5.74, 6) is -0.592. The van der Waals surface area contributed by atoms with Crippen LogP contribution in [0.2, 0.25) is 0 Å². The minimum atomic E-state index is -3.50. The largest absolute Gasteiger partial charge is 0.433 e. The fraction of sp³-hybridized carbons (Fsp3) is 0.400. The molecule has 62 valence electrons. The normalized spacial score (nSPS) is 11.8. The maximum atomic E-state index is 10.8. The lowest BCUT2D eigenvalue weighted by molar-refractivity contribution is 0.480. The summed E-state index contributed by atoms with van der Waals surface area (Å²) in [6.07, 6.45) is 2.07. The first-order chi connectivity index (χ1) is 4.91. The van der Waals surface area contributed by atoms with E-state index in [9.17, 15) is 13.2 Å². The molecule has 0 saturated carbocycles. The lowest BCUT2D eigenvalue weighted by Gasteiger charge is -1.90. The molecule has 0 aromatic carbocycles. The average Bonchev–Trinajstić information content (AvgIpc) is 2.08. The molecule has 0 aliphatic heterocycles. The Hall–Kier alpha value is -1.04. The highest BCUT2D eigenvalue weighted by atomic mass is 32.2. The highest BCUT2D eigenvalue weighted by Crippen LogP contribution is 1.94. The Morgan fingerprint density at radius 1 is 1.55 bits per heavy atom. The summed E-state index contributed by atoms with van der Waals surface area (Å²) in [7, 11) is -3.50. The molecule has 0 saturated heterocycles. The van der Waals surface area contributed by atoms with Crippen molar-refractivity contribution in [2.45, 2.75) is 6.92 Å². The second-order valence-corrected chi connectivity index (χ2v) is 4.03. The topological polar surface area (TPSA) is 69.3 Å². The van der Waals surface area contributed by atoms with Gasteiger partial charge in [0.05, 0.1) is 12.5 Å². The van der Waals surface area contributed by atoms with Gasteiger partial charge >= 0.3 is 5.76 Å². The van der Waals surface area contributed by atoms with Gasteiger partial charge in [0.15, 0.2) is 0 Å². The summed E-state index contributed by atoms with van der Waals surface area (Å²) < 4.78 is 26.6. The third-order valence-electron chi connectivity index (χ3n) is 1.08. The van der Waals surface area contributed by atoms with Crippen molar-refractivity contribution in [2.75, 3.05) is 6.26 Å². The van der Waals surface area contributed by atoms with Crippen molar-refractivity contribution in [2.24, 2.45) is 0 Å². The third-order valence-corrected chi connectivity index (χ3v) is 2.05. The Balaban J connectivity index is 3.49. The first-order valence-corrected chi connectivity index (χ1v) is 4.66. The Morgan fingerprint density at radius 3 is 2.27 bits per heavy atom. The SMILES string of the molecule is Cc1cn(S(C)(=O)=O)c(=O)o1. The Bertz CT molecular complexity index is 410. The molecular weight excluding hydrogens is 170 g/mol. The second-order valence-electron chi connectivity index (χ2n) is 2.17. The van der Waals surface area contributed by atoms with Gasteiger partial charge in [-0.3, -0.25) is 0 Å². The number of oxazole rings is 1. The highest BCUT2D eigenvalue weighted by Gasteiger charge is 2.10. The van der Waals surface area contributed by atoms with Crippen LogP contribution >= 0.6 is 0 Å². The van der Waals surface area contributed by atoms with Crippen molar-refractivity contribution < 1.29 is 12.8 Å². The molecule has 1 aromatic heterocycles. The summed E-state index contributed by atoms with van der Waals surface area (Å²) >= 11 is 0. The fourth-order valence-electron chi connectivity index (χ4n) is 0.658. The zero-order chi connectivity index (χ0) is 8.65. The Labute approximate surface area is 63.3 Å². The van der Waals surface area contributed by atoms with Crippen molar-refractivity contribution >= 4 is 10.0 Å². The number of rotatable bonds is 1. The number of aromatic nitrogens is 1. The number of aryl methyl sites for hydroxylation is 1. The van der Waals surface area contributed by atoms with Crippen LogP contribution < -0.4 is 5.76 Å². The molecule has 5 nitrogen and oxygen atoms in total. The van der Waals surface area contributed by atoms with E-state index < -0.39 is 15.8 Å². The molecule has 0 fully saturated rings. The van der Waals surface area contributed by atoms with Crippen molar-refractivity contribution in [3.8, 4) is 0 Å². The Morgan fingerprint density at radius 2 is 2.09 bits per heavy atom. The average molecular weight is 177 g/mol. The zero-order valence-electron chi connectivity index (χ0n) is 6.07. The summed E-state index contributed by atoms with van der Waals surface area (Å²) in [4.78, 5) is 10.7. The fourth-order valence-corrected chi connectivity index (χ4v) is 1.31. The van der Waals surface area contributed by atoms with Crippen LogP contribution in [-0.4, -0.2) is 18.6 Å². The Kier molecular flexibility index (Phi) is 1.63. The zero-order valence-corrected chi connectivity index (χ0v) is 6.88. The van der Waals surface area contributed by atoms with Gasteiger partial charge in [-0.05, 0) is 6.92 Å². The molecule has 0 aliphatic carbocycles. The molecule has 0 atom stereocenters. The van der Waals surface area contributed by atoms with Gasteiger partial charge in [0.1, 0.15) is 5.76 Å². The van der Waals surface area contributed by atoms with E-state index in [4.69, 9.17) is 0 Å². The van der Waals surface area contributed by atoms with Gasteiger partial charge < -0.3 is 4.42 Å². The molecule has 0 amide bonds. The molecular formula is C5H7NO4S. The lowest BCUT2D eigenvalue weighted by Crippen LogP contribution is -2.20. The van der Waals surface area contributed by atoms with Crippen molar-refractivity contribution in [3.05, 3.63) is 22.5 Å². The van der Waals surface area contributed by atoms with E-state index in [1.807, 2.05) is 0 Å². The van der Waals surface area contributed by atoms with Crippen molar-refractivity contribution in [1.29, 1.82) is 0 Å². The summed E-state index contributed by atoms with van der Waals surface area (Å²) in [6.45, 7) is 1.50. The molecule has 1 rings (SSSR count). The lowest BCUT2D eigenvalue weighted by atomic mass is 10.6. The molecule has 1 aromatic rings. The van der Waals surface area contributed by atoms with E-state index in [1.54, 1.807) is 0 Å². The molecule has 0 unspecified atom stereocenters. The van der Waals surface area contributed by atoms with E-state index in [0.29, 0.717) is 3.97 Å². The van der Waals surface area contributed by atoms with Crippen LogP contribution in [0.25, 0.3) is 0 Å². The van der Waals surface area contributed by atoms with Gasteiger partial charge in [0.2, 0.25) is 10.0 Å². The predicted octanol–water partition coefficient (Wildman–Crippen LogP) is -0.443. The minimum absolute atomic E-state index is 0.278. The van der Waals surface area contributed by atoms with Gasteiger partial charge in [-0.1, -0.05) is 0 Å². The molecule has 1 heterocycles.